The Balaban J connectivity index is 0.000000236. The molecule has 0 aliphatic carbocycles. The van der Waals surface area contributed by atoms with Gasteiger partial charge in [-0.1, -0.05) is 0 Å². The Hall–Kier alpha value is -2.80. The molecule has 2 aromatic rings. The summed E-state index contributed by atoms with van der Waals surface area (Å²) in [6.45, 7) is -0.479. The molecule has 0 saturated carbocycles. The molecule has 4 atom stereocenters. The maximum atomic E-state index is 11.4. The van der Waals surface area contributed by atoms with Crippen molar-refractivity contribution in [2.45, 2.75) is 24.5 Å². The van der Waals surface area contributed by atoms with Gasteiger partial charge in [0.2, 0.25) is 0 Å². The van der Waals surface area contributed by atoms with Crippen molar-refractivity contribution in [1.29, 1.82) is 0 Å². The molecular formula is C13H17N5O7. The van der Waals surface area contributed by atoms with Crippen molar-refractivity contribution >= 4 is 5.82 Å². The van der Waals surface area contributed by atoms with E-state index in [0.29, 0.717) is 5.82 Å². The van der Waals surface area contributed by atoms with Gasteiger partial charge in [0.1, 0.15) is 24.1 Å². The molecule has 12 heteroatoms. The summed E-state index contributed by atoms with van der Waals surface area (Å²) in [5, 5.41) is 28.1. The molecule has 7 N–H and O–H groups in total. The third kappa shape index (κ3) is 4.39. The van der Waals surface area contributed by atoms with Gasteiger partial charge in [0, 0.05) is 18.5 Å². The number of nitrogens with one attached hydrogen (secondary N) is 2. The van der Waals surface area contributed by atoms with Gasteiger partial charge in [0.05, 0.1) is 6.61 Å². The zero-order valence-corrected chi connectivity index (χ0v) is 12.8. The lowest BCUT2D eigenvalue weighted by molar-refractivity contribution is -0.0550. The standard InChI is InChI=1S/C9H12N2O6.C4H5N3O/c12-3-4-6(14)7(15)8(17-4)11-2-1-5(13)10-9(11)16;5-3-1-2-6-4(8)7-3/h1-2,4,6-8,12,14-15H,3H2,(H,10,13,16);1-2H,(H3,5,6,7,8)/t4-,6-,7-,8-;/m1./s1. The van der Waals surface area contributed by atoms with Crippen molar-refractivity contribution in [3.63, 3.8) is 0 Å². The number of aliphatic hydroxyl groups excluding tert-OH is 3. The van der Waals surface area contributed by atoms with Crippen LogP contribution in [0.2, 0.25) is 0 Å². The van der Waals surface area contributed by atoms with Crippen LogP contribution in [0.4, 0.5) is 5.82 Å². The number of aliphatic hydroxyl groups is 3. The second-order valence-corrected chi connectivity index (χ2v) is 5.08. The summed E-state index contributed by atoms with van der Waals surface area (Å²) in [6, 6.07) is 2.61. The molecule has 2 aromatic heterocycles. The number of anilines is 1. The van der Waals surface area contributed by atoms with Crippen LogP contribution in [0.1, 0.15) is 6.23 Å². The molecule has 1 saturated heterocycles. The highest BCUT2D eigenvalue weighted by Gasteiger charge is 2.43. The SMILES string of the molecule is Nc1ccnc(=O)[nH]1.O=c1ccn([C@@H]2O[C@H](CO)[C@@H](O)[C@H]2O)c(=O)[nH]1. The predicted molar refractivity (Wildman–Crippen MR) is 83.6 cm³/mol. The van der Waals surface area contributed by atoms with Crippen molar-refractivity contribution in [3.05, 3.63) is 55.8 Å². The largest absolute Gasteiger partial charge is 0.394 e. The third-order valence-corrected chi connectivity index (χ3v) is 3.34. The smallest absolute Gasteiger partial charge is 0.346 e. The quantitative estimate of drug-likeness (QED) is 0.316. The van der Waals surface area contributed by atoms with Gasteiger partial charge in [-0.05, 0) is 6.07 Å². The van der Waals surface area contributed by atoms with E-state index in [1.165, 1.54) is 12.3 Å². The summed E-state index contributed by atoms with van der Waals surface area (Å²) in [5.41, 5.74) is 3.42. The van der Waals surface area contributed by atoms with E-state index in [2.05, 4.69) is 9.97 Å². The first-order valence-corrected chi connectivity index (χ1v) is 7.08. The van der Waals surface area contributed by atoms with Gasteiger partial charge in [-0.3, -0.25) is 19.3 Å². The molecule has 1 fully saturated rings. The Morgan fingerprint density at radius 1 is 1.20 bits per heavy atom. The summed E-state index contributed by atoms with van der Waals surface area (Å²) in [4.78, 5) is 40.2. The van der Waals surface area contributed by atoms with Crippen molar-refractivity contribution in [3.8, 4) is 0 Å². The number of H-pyrrole nitrogens is 2. The first kappa shape index (κ1) is 18.5. The van der Waals surface area contributed by atoms with E-state index in [4.69, 9.17) is 15.6 Å². The van der Waals surface area contributed by atoms with Gasteiger partial charge in [-0.25, -0.2) is 14.6 Å². The van der Waals surface area contributed by atoms with Gasteiger partial charge in [0.25, 0.3) is 5.56 Å². The van der Waals surface area contributed by atoms with Crippen molar-refractivity contribution < 1.29 is 20.1 Å². The molecule has 0 spiro atoms. The van der Waals surface area contributed by atoms with Crippen LogP contribution in [0.25, 0.3) is 0 Å². The summed E-state index contributed by atoms with van der Waals surface area (Å²) < 4.78 is 6.08. The number of hydrogen-bond donors (Lipinski definition) is 6. The number of rotatable bonds is 2. The highest BCUT2D eigenvalue weighted by atomic mass is 16.6. The molecule has 1 aliphatic rings. The van der Waals surface area contributed by atoms with Gasteiger partial charge in [0.15, 0.2) is 6.23 Å². The minimum absolute atomic E-state index is 0.338. The lowest BCUT2D eigenvalue weighted by atomic mass is 10.1. The fraction of sp³-hybridized carbons (Fsp3) is 0.385. The van der Waals surface area contributed by atoms with E-state index < -0.39 is 48.1 Å². The van der Waals surface area contributed by atoms with Crippen LogP contribution in [0.3, 0.4) is 0 Å². The number of hydrogen-bond acceptors (Lipinski definition) is 9. The van der Waals surface area contributed by atoms with Crippen LogP contribution < -0.4 is 22.7 Å². The van der Waals surface area contributed by atoms with E-state index in [-0.39, 0.29) is 0 Å². The number of ether oxygens (including phenoxy) is 1. The number of aromatic nitrogens is 4. The van der Waals surface area contributed by atoms with Gasteiger partial charge in [-0.2, -0.15) is 0 Å². The molecule has 0 amide bonds. The zero-order valence-electron chi connectivity index (χ0n) is 12.8. The molecule has 1 aliphatic heterocycles. The average Bonchev–Trinajstić information content (AvgIpc) is 2.83. The maximum Gasteiger partial charge on any atom is 0.346 e. The molecule has 0 bridgehead atoms. The molecule has 0 unspecified atom stereocenters. The van der Waals surface area contributed by atoms with E-state index >= 15 is 0 Å². The summed E-state index contributed by atoms with van der Waals surface area (Å²) in [7, 11) is 0. The van der Waals surface area contributed by atoms with Crippen LogP contribution in [0.15, 0.2) is 38.9 Å². The zero-order chi connectivity index (χ0) is 18.6. The highest BCUT2D eigenvalue weighted by molar-refractivity contribution is 5.22. The molecule has 3 rings (SSSR count). The minimum atomic E-state index is -1.35. The maximum absolute atomic E-state index is 11.4. The van der Waals surface area contributed by atoms with Crippen molar-refractivity contribution in [2.24, 2.45) is 0 Å². The van der Waals surface area contributed by atoms with Gasteiger partial charge in [-0.15, -0.1) is 0 Å². The first-order valence-electron chi connectivity index (χ1n) is 7.08. The number of nitrogens with two attached hydrogens (primary N) is 1. The Morgan fingerprint density at radius 3 is 2.40 bits per heavy atom. The van der Waals surface area contributed by atoms with Crippen LogP contribution in [0, 0.1) is 0 Å². The second-order valence-electron chi connectivity index (χ2n) is 5.08. The van der Waals surface area contributed by atoms with Crippen LogP contribution >= 0.6 is 0 Å². The molecule has 3 heterocycles. The minimum Gasteiger partial charge on any atom is -0.394 e. The third-order valence-electron chi connectivity index (χ3n) is 3.34. The molecule has 0 aromatic carbocycles. The fourth-order valence-electron chi connectivity index (χ4n) is 2.12. The molecule has 136 valence electrons. The van der Waals surface area contributed by atoms with E-state index in [0.717, 1.165) is 16.8 Å². The molecule has 25 heavy (non-hydrogen) atoms. The van der Waals surface area contributed by atoms with Gasteiger partial charge < -0.3 is 25.8 Å². The first-order chi connectivity index (χ1) is 11.8. The highest BCUT2D eigenvalue weighted by Crippen LogP contribution is 2.27. The molecule has 12 nitrogen and oxygen atoms in total. The Kier molecular flexibility index (Phi) is 5.82. The van der Waals surface area contributed by atoms with Crippen molar-refractivity contribution in [1.82, 2.24) is 19.5 Å². The molecule has 0 radical (unpaired) electrons. The van der Waals surface area contributed by atoms with Gasteiger partial charge >= 0.3 is 11.4 Å². The van der Waals surface area contributed by atoms with Crippen LogP contribution in [-0.2, 0) is 4.74 Å². The Bertz CT molecular complexity index is 876. The average molecular weight is 355 g/mol. The monoisotopic (exact) mass is 355 g/mol. The fourth-order valence-corrected chi connectivity index (χ4v) is 2.12. The predicted octanol–water partition coefficient (Wildman–Crippen LogP) is -3.50. The number of nitrogens with zero attached hydrogens (tertiary/aromatic N) is 2. The second kappa shape index (κ2) is 7.85. The summed E-state index contributed by atoms with van der Waals surface area (Å²) >= 11 is 0. The van der Waals surface area contributed by atoms with E-state index in [1.54, 1.807) is 0 Å². The lowest BCUT2D eigenvalue weighted by Crippen LogP contribution is -2.37. The number of aromatic amines is 2. The van der Waals surface area contributed by atoms with E-state index in [9.17, 15) is 24.6 Å². The van der Waals surface area contributed by atoms with Crippen molar-refractivity contribution in [2.75, 3.05) is 12.3 Å². The Morgan fingerprint density at radius 2 is 1.92 bits per heavy atom. The van der Waals surface area contributed by atoms with E-state index in [1.807, 2.05) is 4.98 Å². The summed E-state index contributed by atoms with van der Waals surface area (Å²) in [6.07, 6.45) is -2.23. The van der Waals surface area contributed by atoms with Crippen LogP contribution in [0.5, 0.6) is 0 Å². The summed E-state index contributed by atoms with van der Waals surface area (Å²) in [5.74, 6) is 0.338. The lowest BCUT2D eigenvalue weighted by Gasteiger charge is -2.16. The topological polar surface area (TPSA) is 197 Å². The van der Waals surface area contributed by atoms with Crippen LogP contribution in [-0.4, -0.2) is 59.8 Å². The normalized spacial score (nSPS) is 25.2. The number of nitrogen functional groups attached to an aromatic ring is 1. The molecular weight excluding hydrogens is 338 g/mol. The Labute approximate surface area is 139 Å².